The Morgan fingerprint density at radius 3 is 2.68 bits per heavy atom. The summed E-state index contributed by atoms with van der Waals surface area (Å²) < 4.78 is 30.3. The molecule has 1 N–H and O–H groups in total. The van der Waals surface area contributed by atoms with Crippen molar-refractivity contribution in [2.24, 2.45) is 0 Å². The van der Waals surface area contributed by atoms with Gasteiger partial charge in [0.15, 0.2) is 0 Å². The van der Waals surface area contributed by atoms with Crippen molar-refractivity contribution in [3.05, 3.63) is 57.6 Å². The summed E-state index contributed by atoms with van der Waals surface area (Å²) in [5.41, 5.74) is -0.246. The average Bonchev–Trinajstić information content (AvgIpc) is 3.11. The highest BCUT2D eigenvalue weighted by molar-refractivity contribution is 7.87. The first kappa shape index (κ1) is 19.9. The molecule has 1 heterocycles. The standard InChI is InChI=1S/C17H15ClN2O7S/c18-13-6-2-8-15(16(13)20(23)24)27-28(25,26)12-5-1-4-11(10-12)19-9-3-7-14(19)17(21)22/h1-2,4-6,8,10,14H,3,7,9H2,(H,21,22). The smallest absolute Gasteiger partial charge is 0.339 e. The molecule has 0 bridgehead atoms. The number of nitro groups is 1. The first-order chi connectivity index (χ1) is 13.2. The minimum Gasteiger partial charge on any atom is -0.480 e. The van der Waals surface area contributed by atoms with E-state index >= 15 is 0 Å². The van der Waals surface area contributed by atoms with Crippen LogP contribution in [-0.4, -0.2) is 37.0 Å². The number of hydrogen-bond donors (Lipinski definition) is 1. The molecule has 0 saturated carbocycles. The number of nitro benzene ring substituents is 1. The largest absolute Gasteiger partial charge is 0.480 e. The third kappa shape index (κ3) is 3.87. The van der Waals surface area contributed by atoms with E-state index in [9.17, 15) is 28.4 Å². The second kappa shape index (κ2) is 7.64. The van der Waals surface area contributed by atoms with Gasteiger partial charge in [-0.25, -0.2) is 4.79 Å². The monoisotopic (exact) mass is 426 g/mol. The number of benzene rings is 2. The van der Waals surface area contributed by atoms with Gasteiger partial charge in [0.2, 0.25) is 5.75 Å². The maximum Gasteiger partial charge on any atom is 0.339 e. The van der Waals surface area contributed by atoms with Gasteiger partial charge in [-0.1, -0.05) is 23.7 Å². The van der Waals surface area contributed by atoms with Crippen LogP contribution in [0.25, 0.3) is 0 Å². The molecular weight excluding hydrogens is 412 g/mol. The summed E-state index contributed by atoms with van der Waals surface area (Å²) in [4.78, 5) is 23.1. The predicted molar refractivity (Wildman–Crippen MR) is 100 cm³/mol. The predicted octanol–water partition coefficient (Wildman–Crippen LogP) is 3.07. The Kier molecular flexibility index (Phi) is 5.43. The molecule has 0 aromatic heterocycles. The van der Waals surface area contributed by atoms with Crippen LogP contribution in [0.3, 0.4) is 0 Å². The van der Waals surface area contributed by atoms with E-state index in [-0.39, 0.29) is 9.92 Å². The van der Waals surface area contributed by atoms with E-state index in [4.69, 9.17) is 15.8 Å². The maximum atomic E-state index is 12.6. The molecule has 0 amide bonds. The highest BCUT2D eigenvalue weighted by Gasteiger charge is 2.32. The normalized spacial score (nSPS) is 16.8. The number of anilines is 1. The maximum absolute atomic E-state index is 12.6. The van der Waals surface area contributed by atoms with Crippen LogP contribution in [0.1, 0.15) is 12.8 Å². The molecule has 148 valence electrons. The Bertz CT molecular complexity index is 1040. The lowest BCUT2D eigenvalue weighted by atomic mass is 10.2. The van der Waals surface area contributed by atoms with Crippen molar-refractivity contribution in [3.63, 3.8) is 0 Å². The van der Waals surface area contributed by atoms with Crippen LogP contribution in [0.5, 0.6) is 5.75 Å². The zero-order valence-electron chi connectivity index (χ0n) is 14.3. The summed E-state index contributed by atoms with van der Waals surface area (Å²) in [5.74, 6) is -1.50. The van der Waals surface area contributed by atoms with E-state index in [1.807, 2.05) is 0 Å². The van der Waals surface area contributed by atoms with Crippen molar-refractivity contribution in [3.8, 4) is 5.75 Å². The molecular formula is C17H15ClN2O7S. The second-order valence-corrected chi connectivity index (χ2v) is 8.02. The fourth-order valence-corrected chi connectivity index (χ4v) is 4.27. The van der Waals surface area contributed by atoms with Gasteiger partial charge < -0.3 is 14.2 Å². The van der Waals surface area contributed by atoms with Gasteiger partial charge in [0, 0.05) is 12.2 Å². The molecule has 28 heavy (non-hydrogen) atoms. The van der Waals surface area contributed by atoms with Gasteiger partial charge in [-0.3, -0.25) is 10.1 Å². The number of nitrogens with zero attached hydrogens (tertiary/aromatic N) is 2. The first-order valence-electron chi connectivity index (χ1n) is 8.17. The first-order valence-corrected chi connectivity index (χ1v) is 9.96. The summed E-state index contributed by atoms with van der Waals surface area (Å²) >= 11 is 5.78. The van der Waals surface area contributed by atoms with Crippen molar-refractivity contribution < 1.29 is 27.4 Å². The van der Waals surface area contributed by atoms with Gasteiger partial charge in [-0.05, 0) is 43.2 Å². The fourth-order valence-electron chi connectivity index (χ4n) is 3.06. The summed E-state index contributed by atoms with van der Waals surface area (Å²) in [6.45, 7) is 0.473. The molecule has 1 fully saturated rings. The molecule has 2 aromatic carbocycles. The summed E-state index contributed by atoms with van der Waals surface area (Å²) in [5, 5.41) is 20.2. The third-order valence-electron chi connectivity index (χ3n) is 4.31. The molecule has 0 radical (unpaired) electrons. The Balaban J connectivity index is 1.95. The molecule has 11 heteroatoms. The zero-order chi connectivity index (χ0) is 20.5. The van der Waals surface area contributed by atoms with Crippen molar-refractivity contribution in [1.29, 1.82) is 0 Å². The molecule has 1 atom stereocenters. The summed E-state index contributed by atoms with van der Waals surface area (Å²) in [6.07, 6.45) is 1.12. The number of halogens is 1. The quantitative estimate of drug-likeness (QED) is 0.424. The van der Waals surface area contributed by atoms with E-state index in [1.165, 1.54) is 30.3 Å². The van der Waals surface area contributed by atoms with Gasteiger partial charge in [-0.2, -0.15) is 8.42 Å². The van der Waals surface area contributed by atoms with Crippen LogP contribution in [-0.2, 0) is 14.9 Å². The number of carbonyl (C=O) groups is 1. The van der Waals surface area contributed by atoms with E-state index in [2.05, 4.69) is 0 Å². The lowest BCUT2D eigenvalue weighted by Gasteiger charge is -2.24. The van der Waals surface area contributed by atoms with Crippen molar-refractivity contribution in [2.75, 3.05) is 11.4 Å². The highest BCUT2D eigenvalue weighted by atomic mass is 35.5. The minimum atomic E-state index is -4.41. The number of para-hydroxylation sites is 1. The zero-order valence-corrected chi connectivity index (χ0v) is 15.9. The topological polar surface area (TPSA) is 127 Å². The van der Waals surface area contributed by atoms with Crippen LogP contribution < -0.4 is 9.08 Å². The average molecular weight is 427 g/mol. The molecule has 1 saturated heterocycles. The molecule has 1 aliphatic heterocycles. The molecule has 0 spiro atoms. The molecule has 3 rings (SSSR count). The number of hydrogen-bond acceptors (Lipinski definition) is 7. The van der Waals surface area contributed by atoms with Gasteiger partial charge in [-0.15, -0.1) is 0 Å². The molecule has 9 nitrogen and oxygen atoms in total. The van der Waals surface area contributed by atoms with Crippen LogP contribution in [0, 0.1) is 10.1 Å². The van der Waals surface area contributed by atoms with Crippen molar-refractivity contribution >= 4 is 39.1 Å². The van der Waals surface area contributed by atoms with Crippen LogP contribution in [0.4, 0.5) is 11.4 Å². The molecule has 1 aliphatic rings. The van der Waals surface area contributed by atoms with E-state index in [0.29, 0.717) is 25.1 Å². The van der Waals surface area contributed by atoms with E-state index < -0.39 is 38.5 Å². The van der Waals surface area contributed by atoms with E-state index in [0.717, 1.165) is 6.07 Å². The minimum absolute atomic E-state index is 0.254. The lowest BCUT2D eigenvalue weighted by Crippen LogP contribution is -2.35. The van der Waals surface area contributed by atoms with E-state index in [1.54, 1.807) is 11.0 Å². The molecule has 2 aromatic rings. The summed E-state index contributed by atoms with van der Waals surface area (Å²) in [6, 6.07) is 8.57. The van der Waals surface area contributed by atoms with Gasteiger partial charge in [0.25, 0.3) is 0 Å². The fraction of sp³-hybridized carbons (Fsp3) is 0.235. The SMILES string of the molecule is O=C(O)C1CCCN1c1cccc(S(=O)(=O)Oc2cccc(Cl)c2[N+](=O)[O-])c1. The number of rotatable bonds is 6. The van der Waals surface area contributed by atoms with Crippen molar-refractivity contribution in [1.82, 2.24) is 0 Å². The van der Waals surface area contributed by atoms with Gasteiger partial charge >= 0.3 is 21.8 Å². The van der Waals surface area contributed by atoms with Gasteiger partial charge in [0.05, 0.1) is 4.92 Å². The Morgan fingerprint density at radius 2 is 2.00 bits per heavy atom. The Morgan fingerprint density at radius 1 is 1.29 bits per heavy atom. The Hall–Kier alpha value is -2.85. The van der Waals surface area contributed by atoms with Crippen LogP contribution in [0.2, 0.25) is 5.02 Å². The third-order valence-corrected chi connectivity index (χ3v) is 5.84. The number of carboxylic acids is 1. The molecule has 1 unspecified atom stereocenters. The lowest BCUT2D eigenvalue weighted by molar-refractivity contribution is -0.385. The Labute approximate surface area is 165 Å². The highest BCUT2D eigenvalue weighted by Crippen LogP contribution is 2.36. The number of carboxylic acid groups (broad SMARTS) is 1. The number of aliphatic carboxylic acids is 1. The second-order valence-electron chi connectivity index (χ2n) is 6.07. The van der Waals surface area contributed by atoms with Gasteiger partial charge in [0.1, 0.15) is 16.0 Å². The van der Waals surface area contributed by atoms with Crippen molar-refractivity contribution in [2.45, 2.75) is 23.8 Å². The van der Waals surface area contributed by atoms with Crippen LogP contribution >= 0.6 is 11.6 Å². The summed E-state index contributed by atoms with van der Waals surface area (Å²) in [7, 11) is -4.41. The van der Waals surface area contributed by atoms with Crippen LogP contribution in [0.15, 0.2) is 47.4 Å². The molecule has 0 aliphatic carbocycles.